The van der Waals surface area contributed by atoms with Crippen LogP contribution in [0.25, 0.3) is 0 Å². The number of hydrogen-bond donors (Lipinski definition) is 2. The summed E-state index contributed by atoms with van der Waals surface area (Å²) in [4.78, 5) is 30.2. The summed E-state index contributed by atoms with van der Waals surface area (Å²) < 4.78 is 5.86. The molecule has 7 heteroatoms. The van der Waals surface area contributed by atoms with Crippen molar-refractivity contribution in [2.24, 2.45) is 5.41 Å². The second-order valence-corrected chi connectivity index (χ2v) is 11.4. The van der Waals surface area contributed by atoms with Crippen LogP contribution in [-0.2, 0) is 11.4 Å². The molecule has 2 aromatic carbocycles. The van der Waals surface area contributed by atoms with Gasteiger partial charge in [-0.05, 0) is 82.7 Å². The number of ether oxygens (including phenoxy) is 1. The van der Waals surface area contributed by atoms with Crippen LogP contribution >= 0.6 is 0 Å². The Morgan fingerprint density at radius 3 is 2.51 bits per heavy atom. The van der Waals surface area contributed by atoms with Crippen LogP contribution < -0.4 is 10.1 Å². The molecule has 7 nitrogen and oxygen atoms in total. The van der Waals surface area contributed by atoms with Crippen LogP contribution in [0.2, 0.25) is 0 Å². The molecule has 0 unspecified atom stereocenters. The second kappa shape index (κ2) is 10.7. The van der Waals surface area contributed by atoms with Crippen molar-refractivity contribution in [3.63, 3.8) is 0 Å². The van der Waals surface area contributed by atoms with Crippen molar-refractivity contribution in [1.82, 2.24) is 15.1 Å². The first-order valence-electron chi connectivity index (χ1n) is 13.7. The molecule has 1 spiro atoms. The van der Waals surface area contributed by atoms with Gasteiger partial charge >= 0.3 is 0 Å². The number of nitrogens with zero attached hydrogens (tertiary/aromatic N) is 2. The van der Waals surface area contributed by atoms with Gasteiger partial charge < -0.3 is 20.1 Å². The van der Waals surface area contributed by atoms with Gasteiger partial charge in [0.15, 0.2) is 0 Å². The van der Waals surface area contributed by atoms with Crippen molar-refractivity contribution in [3.05, 3.63) is 59.7 Å². The monoisotopic (exact) mass is 505 g/mol. The predicted molar refractivity (Wildman–Crippen MR) is 142 cm³/mol. The Balaban J connectivity index is 1.11. The van der Waals surface area contributed by atoms with E-state index in [0.29, 0.717) is 31.5 Å². The van der Waals surface area contributed by atoms with Gasteiger partial charge in [0.05, 0.1) is 11.6 Å². The lowest BCUT2D eigenvalue weighted by Gasteiger charge is -2.53. The minimum atomic E-state index is -0.154. The van der Waals surface area contributed by atoms with E-state index in [1.165, 1.54) is 6.07 Å². The number of carbonyl (C=O) groups excluding carboxylic acids is 2. The molecule has 0 aromatic heterocycles. The van der Waals surface area contributed by atoms with Crippen LogP contribution in [-0.4, -0.2) is 64.5 Å². The van der Waals surface area contributed by atoms with E-state index in [1.807, 2.05) is 35.2 Å². The van der Waals surface area contributed by atoms with E-state index in [4.69, 9.17) is 4.74 Å². The van der Waals surface area contributed by atoms with E-state index in [1.54, 1.807) is 12.1 Å². The summed E-state index contributed by atoms with van der Waals surface area (Å²) in [6, 6.07) is 15.3. The first kappa shape index (κ1) is 25.6. The number of hydrogen-bond acceptors (Lipinski definition) is 5. The molecule has 2 heterocycles. The molecule has 37 heavy (non-hydrogen) atoms. The summed E-state index contributed by atoms with van der Waals surface area (Å²) in [7, 11) is 0. The molecule has 3 aliphatic rings. The number of phenols is 1. The molecule has 2 aliphatic heterocycles. The van der Waals surface area contributed by atoms with Crippen LogP contribution in [0, 0.1) is 5.41 Å². The van der Waals surface area contributed by atoms with Crippen LogP contribution in [0.1, 0.15) is 68.3 Å². The standard InChI is InChI=1S/C30H39N3O4/c1-21(2)33-16-6-9-26(33)28(35)31-23-12-14-30(15-13-23)19-32(20-30)29(36)25-17-24(10-11-27(25)34)37-18-22-7-4-3-5-8-22/h3-5,7-8,10-11,17,21,23,26,34H,6,9,12-16,18-20H2,1-2H3,(H,31,35)/t26-/m0/s1. The summed E-state index contributed by atoms with van der Waals surface area (Å²) >= 11 is 0. The molecule has 2 amide bonds. The Morgan fingerprint density at radius 2 is 1.81 bits per heavy atom. The molecular formula is C30H39N3O4. The molecule has 198 valence electrons. The highest BCUT2D eigenvalue weighted by molar-refractivity contribution is 5.97. The van der Waals surface area contributed by atoms with Gasteiger partial charge in [-0.2, -0.15) is 0 Å². The number of carbonyl (C=O) groups is 2. The van der Waals surface area contributed by atoms with Crippen LogP contribution in [0.4, 0.5) is 0 Å². The normalized spacial score (nSPS) is 21.7. The molecule has 5 rings (SSSR count). The van der Waals surface area contributed by atoms with Gasteiger partial charge in [-0.3, -0.25) is 14.5 Å². The molecule has 2 N–H and O–H groups in total. The maximum absolute atomic E-state index is 13.2. The van der Waals surface area contributed by atoms with E-state index < -0.39 is 0 Å². The number of phenolic OH excluding ortho intramolecular Hbond substituents is 1. The third kappa shape index (κ3) is 5.61. The van der Waals surface area contributed by atoms with Crippen LogP contribution in [0.3, 0.4) is 0 Å². The summed E-state index contributed by atoms with van der Waals surface area (Å²) in [5, 5.41) is 13.7. The Morgan fingerprint density at radius 1 is 1.08 bits per heavy atom. The third-order valence-corrected chi connectivity index (χ3v) is 8.44. The van der Waals surface area contributed by atoms with E-state index in [2.05, 4.69) is 24.1 Å². The maximum Gasteiger partial charge on any atom is 0.257 e. The lowest BCUT2D eigenvalue weighted by atomic mass is 9.67. The lowest BCUT2D eigenvalue weighted by Crippen LogP contribution is -2.61. The van der Waals surface area contributed by atoms with Crippen molar-refractivity contribution in [2.45, 2.75) is 77.1 Å². The predicted octanol–water partition coefficient (Wildman–Crippen LogP) is 4.35. The topological polar surface area (TPSA) is 82.1 Å². The SMILES string of the molecule is CC(C)N1CCC[C@H]1C(=O)NC1CCC2(CC1)CN(C(=O)c1cc(OCc3ccccc3)ccc1O)C2. The largest absolute Gasteiger partial charge is 0.507 e. The number of likely N-dealkylation sites (tertiary alicyclic amines) is 2. The zero-order valence-corrected chi connectivity index (χ0v) is 22.0. The number of nitrogens with one attached hydrogen (secondary N) is 1. The number of aromatic hydroxyl groups is 1. The van der Waals surface area contributed by atoms with Crippen molar-refractivity contribution in [3.8, 4) is 11.5 Å². The second-order valence-electron chi connectivity index (χ2n) is 11.4. The van der Waals surface area contributed by atoms with Gasteiger partial charge in [0.1, 0.15) is 18.1 Å². The van der Waals surface area contributed by atoms with Crippen molar-refractivity contribution < 1.29 is 19.4 Å². The first-order valence-corrected chi connectivity index (χ1v) is 13.7. The average Bonchev–Trinajstić information content (AvgIpc) is 3.38. The van der Waals surface area contributed by atoms with Crippen molar-refractivity contribution in [1.29, 1.82) is 0 Å². The molecular weight excluding hydrogens is 466 g/mol. The Hall–Kier alpha value is -3.06. The highest BCUT2D eigenvalue weighted by Crippen LogP contribution is 2.45. The highest BCUT2D eigenvalue weighted by Gasteiger charge is 2.47. The summed E-state index contributed by atoms with van der Waals surface area (Å²) in [6.45, 7) is 7.13. The maximum atomic E-state index is 13.2. The van der Waals surface area contributed by atoms with Gasteiger partial charge in [-0.1, -0.05) is 30.3 Å². The number of amides is 2. The fourth-order valence-corrected chi connectivity index (χ4v) is 6.27. The minimum absolute atomic E-state index is 0.00724. The van der Waals surface area contributed by atoms with Crippen LogP contribution in [0.5, 0.6) is 11.5 Å². The zero-order valence-electron chi connectivity index (χ0n) is 22.0. The molecule has 0 bridgehead atoms. The summed E-state index contributed by atoms with van der Waals surface area (Å²) in [5.74, 6) is 0.572. The lowest BCUT2D eigenvalue weighted by molar-refractivity contribution is -0.127. The summed E-state index contributed by atoms with van der Waals surface area (Å²) in [6.07, 6.45) is 5.96. The number of rotatable bonds is 7. The minimum Gasteiger partial charge on any atom is -0.507 e. The third-order valence-electron chi connectivity index (χ3n) is 8.44. The molecule has 2 saturated heterocycles. The van der Waals surface area contributed by atoms with Gasteiger partial charge in [0, 0.05) is 30.6 Å². The fourth-order valence-electron chi connectivity index (χ4n) is 6.27. The molecule has 1 atom stereocenters. The van der Waals surface area contributed by atoms with E-state index in [0.717, 1.165) is 50.6 Å². The Labute approximate surface area is 219 Å². The fraction of sp³-hybridized carbons (Fsp3) is 0.533. The van der Waals surface area contributed by atoms with Crippen LogP contribution in [0.15, 0.2) is 48.5 Å². The van der Waals surface area contributed by atoms with Gasteiger partial charge in [0.25, 0.3) is 5.91 Å². The van der Waals surface area contributed by atoms with Crippen molar-refractivity contribution in [2.75, 3.05) is 19.6 Å². The average molecular weight is 506 g/mol. The quantitative estimate of drug-likeness (QED) is 0.585. The Kier molecular flexibility index (Phi) is 7.43. The van der Waals surface area contributed by atoms with Crippen molar-refractivity contribution >= 4 is 11.8 Å². The molecule has 3 fully saturated rings. The highest BCUT2D eigenvalue weighted by atomic mass is 16.5. The zero-order chi connectivity index (χ0) is 26.0. The van der Waals surface area contributed by atoms with Gasteiger partial charge in [-0.25, -0.2) is 0 Å². The van der Waals surface area contributed by atoms with E-state index in [9.17, 15) is 14.7 Å². The first-order chi connectivity index (χ1) is 17.8. The smallest absolute Gasteiger partial charge is 0.257 e. The molecule has 1 aliphatic carbocycles. The number of benzene rings is 2. The van der Waals surface area contributed by atoms with E-state index >= 15 is 0 Å². The van der Waals surface area contributed by atoms with Gasteiger partial charge in [0.2, 0.25) is 5.91 Å². The molecule has 2 aromatic rings. The molecule has 0 radical (unpaired) electrons. The summed E-state index contributed by atoms with van der Waals surface area (Å²) in [5.41, 5.74) is 1.46. The Bertz CT molecular complexity index is 1100. The molecule has 1 saturated carbocycles. The van der Waals surface area contributed by atoms with E-state index in [-0.39, 0.29) is 40.6 Å². The van der Waals surface area contributed by atoms with Gasteiger partial charge in [-0.15, -0.1) is 0 Å².